The van der Waals surface area contributed by atoms with Crippen molar-refractivity contribution < 1.29 is 24.2 Å². The van der Waals surface area contributed by atoms with Gasteiger partial charge in [-0.05, 0) is 27.2 Å². The molecule has 0 aromatic heterocycles. The second-order valence-electron chi connectivity index (χ2n) is 5.46. The predicted octanol–water partition coefficient (Wildman–Crippen LogP) is 0.920. The highest BCUT2D eigenvalue weighted by molar-refractivity contribution is 5.73. The number of aliphatic hydroxyl groups is 1. The molecular weight excluding hydrogens is 238 g/mol. The number of ether oxygens (including phenoxy) is 2. The van der Waals surface area contributed by atoms with E-state index in [2.05, 4.69) is 4.74 Å². The minimum Gasteiger partial charge on any atom is -0.469 e. The first-order valence-electron chi connectivity index (χ1n) is 5.97. The van der Waals surface area contributed by atoms with Gasteiger partial charge in [0.2, 0.25) is 0 Å². The van der Waals surface area contributed by atoms with Gasteiger partial charge >= 0.3 is 12.1 Å². The molecule has 0 unspecified atom stereocenters. The third kappa shape index (κ3) is 4.18. The number of likely N-dealkylation sites (tertiary alicyclic amines) is 1. The van der Waals surface area contributed by atoms with Crippen LogP contribution in [0.3, 0.4) is 0 Å². The Bertz CT molecular complexity index is 323. The zero-order chi connectivity index (χ0) is 13.9. The van der Waals surface area contributed by atoms with E-state index < -0.39 is 23.8 Å². The summed E-state index contributed by atoms with van der Waals surface area (Å²) in [6.07, 6.45) is -0.679. The van der Waals surface area contributed by atoms with Gasteiger partial charge in [-0.1, -0.05) is 0 Å². The van der Waals surface area contributed by atoms with Gasteiger partial charge in [-0.25, -0.2) is 4.79 Å². The second-order valence-corrected chi connectivity index (χ2v) is 5.46. The summed E-state index contributed by atoms with van der Waals surface area (Å²) in [5.74, 6) is -0.400. The maximum Gasteiger partial charge on any atom is 0.410 e. The molecule has 1 heterocycles. The number of aliphatic hydroxyl groups excluding tert-OH is 1. The van der Waals surface area contributed by atoms with Crippen molar-refractivity contribution in [2.75, 3.05) is 13.7 Å². The van der Waals surface area contributed by atoms with Crippen molar-refractivity contribution in [2.24, 2.45) is 0 Å². The molecule has 0 aromatic carbocycles. The van der Waals surface area contributed by atoms with Crippen molar-refractivity contribution >= 4 is 12.1 Å². The molecule has 0 aromatic rings. The zero-order valence-corrected chi connectivity index (χ0v) is 11.3. The van der Waals surface area contributed by atoms with Crippen LogP contribution >= 0.6 is 0 Å². The number of amides is 1. The average Bonchev–Trinajstić information content (AvgIpc) is 2.56. The average molecular weight is 259 g/mol. The molecule has 0 saturated carbocycles. The Morgan fingerprint density at radius 3 is 2.50 bits per heavy atom. The Kier molecular flexibility index (Phi) is 4.56. The van der Waals surface area contributed by atoms with Crippen LogP contribution in [0.5, 0.6) is 0 Å². The monoisotopic (exact) mass is 259 g/mol. The van der Waals surface area contributed by atoms with E-state index in [9.17, 15) is 14.7 Å². The van der Waals surface area contributed by atoms with E-state index >= 15 is 0 Å². The number of nitrogens with zero attached hydrogens (tertiary/aromatic N) is 1. The molecule has 1 aliphatic heterocycles. The molecule has 0 bridgehead atoms. The highest BCUT2D eigenvalue weighted by Gasteiger charge is 2.37. The lowest BCUT2D eigenvalue weighted by atomic mass is 10.1. The molecule has 1 fully saturated rings. The van der Waals surface area contributed by atoms with Crippen molar-refractivity contribution in [1.29, 1.82) is 0 Å². The normalized spacial score (nSPS) is 23.9. The molecule has 0 aliphatic carbocycles. The summed E-state index contributed by atoms with van der Waals surface area (Å²) in [4.78, 5) is 24.6. The van der Waals surface area contributed by atoms with Crippen molar-refractivity contribution in [3.63, 3.8) is 0 Å². The van der Waals surface area contributed by atoms with Crippen LogP contribution in [0.2, 0.25) is 0 Å². The molecule has 2 atom stereocenters. The van der Waals surface area contributed by atoms with Gasteiger partial charge in [0.15, 0.2) is 0 Å². The largest absolute Gasteiger partial charge is 0.469 e. The number of rotatable bonds is 2. The first-order chi connectivity index (χ1) is 8.23. The Labute approximate surface area is 107 Å². The number of carbonyl (C=O) groups excluding carboxylic acids is 2. The molecule has 6 heteroatoms. The Morgan fingerprint density at radius 2 is 2.00 bits per heavy atom. The summed E-state index contributed by atoms with van der Waals surface area (Å²) in [5.41, 5.74) is -0.597. The third-order valence-corrected chi connectivity index (χ3v) is 2.65. The van der Waals surface area contributed by atoms with E-state index in [-0.39, 0.29) is 19.0 Å². The molecule has 1 amide bonds. The molecule has 6 nitrogen and oxygen atoms in total. The first kappa shape index (κ1) is 14.8. The molecule has 1 rings (SSSR count). The Morgan fingerprint density at radius 1 is 1.39 bits per heavy atom. The molecule has 0 spiro atoms. The smallest absolute Gasteiger partial charge is 0.410 e. The Balaban J connectivity index is 2.66. The first-order valence-corrected chi connectivity index (χ1v) is 5.97. The molecule has 1 N–H and O–H groups in total. The molecule has 0 radical (unpaired) electrons. The van der Waals surface area contributed by atoms with E-state index in [1.165, 1.54) is 12.0 Å². The highest BCUT2D eigenvalue weighted by Crippen LogP contribution is 2.23. The minimum absolute atomic E-state index is 0.0762. The van der Waals surface area contributed by atoms with Gasteiger partial charge < -0.3 is 19.5 Å². The van der Waals surface area contributed by atoms with E-state index in [4.69, 9.17) is 4.74 Å². The summed E-state index contributed by atoms with van der Waals surface area (Å²) in [6, 6.07) is -0.359. The number of carbonyl (C=O) groups is 2. The lowest BCUT2D eigenvalue weighted by Gasteiger charge is -2.27. The van der Waals surface area contributed by atoms with Gasteiger partial charge in [0.1, 0.15) is 5.60 Å². The van der Waals surface area contributed by atoms with Crippen LogP contribution in [0.4, 0.5) is 4.79 Å². The van der Waals surface area contributed by atoms with Crippen molar-refractivity contribution in [3.05, 3.63) is 0 Å². The summed E-state index contributed by atoms with van der Waals surface area (Å²) < 4.78 is 9.82. The van der Waals surface area contributed by atoms with Crippen LogP contribution in [-0.4, -0.2) is 53.5 Å². The van der Waals surface area contributed by atoms with E-state index in [0.717, 1.165) is 0 Å². The number of methoxy groups -OCH3 is 1. The van der Waals surface area contributed by atoms with Crippen LogP contribution in [0.1, 0.15) is 33.6 Å². The molecule has 1 aliphatic rings. The van der Waals surface area contributed by atoms with Crippen molar-refractivity contribution in [3.8, 4) is 0 Å². The number of hydrogen-bond acceptors (Lipinski definition) is 5. The standard InChI is InChI=1S/C12H21NO5/c1-12(2,3)18-11(16)13-7-9(14)5-8(13)6-10(15)17-4/h8-9,14H,5-7H2,1-4H3/t8-,9+/m1/s1. The van der Waals surface area contributed by atoms with Gasteiger partial charge in [-0.2, -0.15) is 0 Å². The lowest BCUT2D eigenvalue weighted by molar-refractivity contribution is -0.141. The summed E-state index contributed by atoms with van der Waals surface area (Å²) >= 11 is 0. The highest BCUT2D eigenvalue weighted by atomic mass is 16.6. The number of hydrogen-bond donors (Lipinski definition) is 1. The van der Waals surface area contributed by atoms with E-state index in [0.29, 0.717) is 6.42 Å². The summed E-state index contributed by atoms with van der Waals surface area (Å²) in [7, 11) is 1.30. The van der Waals surface area contributed by atoms with Gasteiger partial charge in [-0.3, -0.25) is 4.79 Å². The SMILES string of the molecule is COC(=O)C[C@H]1C[C@H](O)CN1C(=O)OC(C)(C)C. The van der Waals surface area contributed by atoms with Crippen LogP contribution < -0.4 is 0 Å². The number of β-amino-alcohol motifs (C(OH)–C–C–N with tert-alkyl or cyclic N) is 1. The quantitative estimate of drug-likeness (QED) is 0.746. The van der Waals surface area contributed by atoms with Crippen LogP contribution in [0.15, 0.2) is 0 Å². The van der Waals surface area contributed by atoms with Gasteiger partial charge in [0, 0.05) is 6.04 Å². The maximum atomic E-state index is 11.9. The van der Waals surface area contributed by atoms with Crippen molar-refractivity contribution in [1.82, 2.24) is 4.90 Å². The van der Waals surface area contributed by atoms with E-state index in [1.54, 1.807) is 20.8 Å². The van der Waals surface area contributed by atoms with Crippen LogP contribution in [0.25, 0.3) is 0 Å². The fourth-order valence-electron chi connectivity index (χ4n) is 1.91. The zero-order valence-electron chi connectivity index (χ0n) is 11.3. The van der Waals surface area contributed by atoms with Crippen LogP contribution in [-0.2, 0) is 14.3 Å². The molecule has 1 saturated heterocycles. The van der Waals surface area contributed by atoms with Gasteiger partial charge in [0.25, 0.3) is 0 Å². The summed E-state index contributed by atoms with van der Waals surface area (Å²) in [6.45, 7) is 5.50. The fourth-order valence-corrected chi connectivity index (χ4v) is 1.91. The molecule has 18 heavy (non-hydrogen) atoms. The lowest BCUT2D eigenvalue weighted by Crippen LogP contribution is -2.41. The third-order valence-electron chi connectivity index (χ3n) is 2.65. The van der Waals surface area contributed by atoms with E-state index in [1.807, 2.05) is 0 Å². The topological polar surface area (TPSA) is 76.1 Å². The van der Waals surface area contributed by atoms with Crippen molar-refractivity contribution in [2.45, 2.75) is 51.4 Å². The van der Waals surface area contributed by atoms with Gasteiger partial charge in [0.05, 0.1) is 26.2 Å². The number of esters is 1. The molecular formula is C12H21NO5. The maximum absolute atomic E-state index is 11.9. The van der Waals surface area contributed by atoms with Crippen LogP contribution in [0, 0.1) is 0 Å². The minimum atomic E-state index is -0.618. The fraction of sp³-hybridized carbons (Fsp3) is 0.833. The summed E-state index contributed by atoms with van der Waals surface area (Å²) in [5, 5.41) is 9.60. The Hall–Kier alpha value is -1.30. The van der Waals surface area contributed by atoms with Gasteiger partial charge in [-0.15, -0.1) is 0 Å². The molecule has 104 valence electrons. The second kappa shape index (κ2) is 5.56. The predicted molar refractivity (Wildman–Crippen MR) is 64.0 cm³/mol.